The Morgan fingerprint density at radius 1 is 1.29 bits per heavy atom. The van der Waals surface area contributed by atoms with Gasteiger partial charge in [-0.05, 0) is 33.1 Å². The number of rotatable bonds is 4. The molecule has 120 valence electrons. The van der Waals surface area contributed by atoms with Crippen molar-refractivity contribution in [3.63, 3.8) is 0 Å². The highest BCUT2D eigenvalue weighted by atomic mass is 16.6. The number of aliphatic hydroxyl groups excluding tert-OH is 1. The Balaban J connectivity index is 1.65. The zero-order valence-corrected chi connectivity index (χ0v) is 13.2. The number of likely N-dealkylation sites (tertiary alicyclic amines) is 2. The smallest absolute Gasteiger partial charge is 0.410 e. The molecule has 2 heterocycles. The van der Waals surface area contributed by atoms with Gasteiger partial charge in [0, 0.05) is 45.1 Å². The summed E-state index contributed by atoms with van der Waals surface area (Å²) in [5.74, 6) is 0.674. The molecule has 2 amide bonds. The van der Waals surface area contributed by atoms with Crippen LogP contribution in [0.15, 0.2) is 0 Å². The van der Waals surface area contributed by atoms with Crippen molar-refractivity contribution in [1.29, 1.82) is 0 Å². The summed E-state index contributed by atoms with van der Waals surface area (Å²) >= 11 is 0. The Hall–Kier alpha value is -1.30. The second kappa shape index (κ2) is 6.22. The predicted molar refractivity (Wildman–Crippen MR) is 77.7 cm³/mol. The molecule has 2 aliphatic heterocycles. The Morgan fingerprint density at radius 3 is 2.48 bits per heavy atom. The predicted octanol–water partition coefficient (Wildman–Crippen LogP) is 1.08. The van der Waals surface area contributed by atoms with E-state index in [-0.39, 0.29) is 24.5 Å². The third-order valence-corrected chi connectivity index (χ3v) is 3.97. The molecule has 1 unspecified atom stereocenters. The van der Waals surface area contributed by atoms with Crippen molar-refractivity contribution < 1.29 is 19.4 Å². The van der Waals surface area contributed by atoms with Gasteiger partial charge in [-0.1, -0.05) is 0 Å². The molecule has 2 rings (SSSR count). The van der Waals surface area contributed by atoms with Crippen molar-refractivity contribution in [3.8, 4) is 0 Å². The second-order valence-corrected chi connectivity index (χ2v) is 7.13. The molecule has 6 heteroatoms. The Bertz CT molecular complexity index is 399. The number of carbonyl (C=O) groups is 2. The van der Waals surface area contributed by atoms with Crippen LogP contribution in [0.1, 0.15) is 33.6 Å². The molecule has 1 atom stereocenters. The van der Waals surface area contributed by atoms with Crippen molar-refractivity contribution in [2.75, 3.05) is 32.8 Å². The molecule has 0 spiro atoms. The molecular weight excluding hydrogens is 272 g/mol. The van der Waals surface area contributed by atoms with Crippen LogP contribution in [0.5, 0.6) is 0 Å². The highest BCUT2D eigenvalue weighted by Crippen LogP contribution is 2.24. The summed E-state index contributed by atoms with van der Waals surface area (Å²) in [6.45, 7) is 8.47. The quantitative estimate of drug-likeness (QED) is 0.843. The van der Waals surface area contributed by atoms with E-state index in [1.807, 2.05) is 25.7 Å². The van der Waals surface area contributed by atoms with Gasteiger partial charge >= 0.3 is 6.09 Å². The SMILES string of the molecule is CC(C)(C)OC(=O)N1CC(CCN2CC(CO)CC2=O)C1. The van der Waals surface area contributed by atoms with Gasteiger partial charge in [0.15, 0.2) is 0 Å². The van der Waals surface area contributed by atoms with Crippen LogP contribution in [0.25, 0.3) is 0 Å². The number of nitrogens with zero attached hydrogens (tertiary/aromatic N) is 2. The number of ether oxygens (including phenoxy) is 1. The van der Waals surface area contributed by atoms with Crippen LogP contribution in [-0.4, -0.2) is 65.3 Å². The minimum Gasteiger partial charge on any atom is -0.444 e. The summed E-state index contributed by atoms with van der Waals surface area (Å²) < 4.78 is 5.31. The molecular formula is C15H26N2O4. The van der Waals surface area contributed by atoms with Gasteiger partial charge in [-0.3, -0.25) is 4.79 Å². The van der Waals surface area contributed by atoms with E-state index in [2.05, 4.69) is 0 Å². The third kappa shape index (κ3) is 4.33. The molecule has 21 heavy (non-hydrogen) atoms. The zero-order valence-electron chi connectivity index (χ0n) is 13.2. The largest absolute Gasteiger partial charge is 0.444 e. The number of amides is 2. The summed E-state index contributed by atoms with van der Waals surface area (Å²) in [6, 6.07) is 0. The summed E-state index contributed by atoms with van der Waals surface area (Å²) in [5, 5.41) is 9.09. The molecule has 1 N–H and O–H groups in total. The zero-order chi connectivity index (χ0) is 15.6. The molecule has 2 aliphatic rings. The van der Waals surface area contributed by atoms with Gasteiger partial charge in [-0.2, -0.15) is 0 Å². The number of carbonyl (C=O) groups excluding carboxylic acids is 2. The van der Waals surface area contributed by atoms with Gasteiger partial charge in [0.1, 0.15) is 5.60 Å². The fourth-order valence-corrected chi connectivity index (χ4v) is 2.76. The molecule has 2 saturated heterocycles. The first kappa shape index (κ1) is 16.1. The average molecular weight is 298 g/mol. The van der Waals surface area contributed by atoms with Gasteiger partial charge in [-0.25, -0.2) is 4.79 Å². The lowest BCUT2D eigenvalue weighted by Crippen LogP contribution is -2.52. The van der Waals surface area contributed by atoms with Crippen LogP contribution < -0.4 is 0 Å². The monoisotopic (exact) mass is 298 g/mol. The van der Waals surface area contributed by atoms with Crippen LogP contribution >= 0.6 is 0 Å². The van der Waals surface area contributed by atoms with E-state index < -0.39 is 5.60 Å². The maximum atomic E-state index is 11.8. The normalized spacial score (nSPS) is 23.4. The summed E-state index contributed by atoms with van der Waals surface area (Å²) in [4.78, 5) is 27.1. The first-order valence-electron chi connectivity index (χ1n) is 7.65. The Morgan fingerprint density at radius 2 is 1.95 bits per heavy atom. The average Bonchev–Trinajstić information content (AvgIpc) is 2.66. The van der Waals surface area contributed by atoms with Gasteiger partial charge in [0.25, 0.3) is 0 Å². The van der Waals surface area contributed by atoms with E-state index in [9.17, 15) is 9.59 Å². The van der Waals surface area contributed by atoms with Crippen molar-refractivity contribution in [2.24, 2.45) is 11.8 Å². The van der Waals surface area contributed by atoms with Gasteiger partial charge < -0.3 is 19.6 Å². The summed E-state index contributed by atoms with van der Waals surface area (Å²) in [6.07, 6.45) is 1.12. The molecule has 0 bridgehead atoms. The molecule has 2 fully saturated rings. The Kier molecular flexibility index (Phi) is 4.76. The van der Waals surface area contributed by atoms with Crippen molar-refractivity contribution >= 4 is 12.0 Å². The molecule has 0 aromatic carbocycles. The lowest BCUT2D eigenvalue weighted by Gasteiger charge is -2.40. The molecule has 0 aliphatic carbocycles. The van der Waals surface area contributed by atoms with Crippen LogP contribution in [0.3, 0.4) is 0 Å². The fraction of sp³-hybridized carbons (Fsp3) is 0.867. The van der Waals surface area contributed by atoms with E-state index in [4.69, 9.17) is 9.84 Å². The summed E-state index contributed by atoms with van der Waals surface area (Å²) in [5.41, 5.74) is -0.455. The highest BCUT2D eigenvalue weighted by Gasteiger charge is 2.35. The number of hydrogen-bond donors (Lipinski definition) is 1. The highest BCUT2D eigenvalue weighted by molar-refractivity contribution is 5.78. The number of aliphatic hydroxyl groups is 1. The van der Waals surface area contributed by atoms with Crippen LogP contribution in [-0.2, 0) is 9.53 Å². The van der Waals surface area contributed by atoms with Gasteiger partial charge in [-0.15, -0.1) is 0 Å². The molecule has 0 saturated carbocycles. The van der Waals surface area contributed by atoms with Gasteiger partial charge in [0.05, 0.1) is 0 Å². The van der Waals surface area contributed by atoms with Crippen molar-refractivity contribution in [3.05, 3.63) is 0 Å². The van der Waals surface area contributed by atoms with E-state index >= 15 is 0 Å². The fourth-order valence-electron chi connectivity index (χ4n) is 2.76. The number of hydrogen-bond acceptors (Lipinski definition) is 4. The van der Waals surface area contributed by atoms with E-state index in [1.165, 1.54) is 0 Å². The van der Waals surface area contributed by atoms with E-state index in [0.29, 0.717) is 32.0 Å². The topological polar surface area (TPSA) is 70.1 Å². The van der Waals surface area contributed by atoms with Crippen LogP contribution in [0.4, 0.5) is 4.79 Å². The minimum absolute atomic E-state index is 0.0814. The third-order valence-electron chi connectivity index (χ3n) is 3.97. The van der Waals surface area contributed by atoms with Crippen molar-refractivity contribution in [2.45, 2.75) is 39.2 Å². The molecule has 6 nitrogen and oxygen atoms in total. The lowest BCUT2D eigenvalue weighted by molar-refractivity contribution is -0.128. The molecule has 0 aromatic rings. The first-order valence-corrected chi connectivity index (χ1v) is 7.65. The maximum Gasteiger partial charge on any atom is 0.410 e. The molecule has 0 radical (unpaired) electrons. The lowest BCUT2D eigenvalue weighted by atomic mass is 9.97. The van der Waals surface area contributed by atoms with E-state index in [0.717, 1.165) is 13.0 Å². The van der Waals surface area contributed by atoms with Crippen molar-refractivity contribution in [1.82, 2.24) is 9.80 Å². The maximum absolute atomic E-state index is 11.8. The van der Waals surface area contributed by atoms with E-state index in [1.54, 1.807) is 4.90 Å². The van der Waals surface area contributed by atoms with Crippen LogP contribution in [0.2, 0.25) is 0 Å². The second-order valence-electron chi connectivity index (χ2n) is 7.13. The van der Waals surface area contributed by atoms with Gasteiger partial charge in [0.2, 0.25) is 5.91 Å². The first-order chi connectivity index (χ1) is 9.78. The van der Waals surface area contributed by atoms with Crippen LogP contribution in [0, 0.1) is 11.8 Å². The molecule has 0 aromatic heterocycles. The standard InChI is InChI=1S/C15H26N2O4/c1-15(2,3)21-14(20)17-7-11(8-17)4-5-16-9-12(10-18)6-13(16)19/h11-12,18H,4-10H2,1-3H3. The Labute approximate surface area is 126 Å². The summed E-state index contributed by atoms with van der Waals surface area (Å²) in [7, 11) is 0. The minimum atomic E-state index is -0.455.